The number of carbonyl (C=O) groups is 2. The number of nitrogens with one attached hydrogen (secondary N) is 2. The molecule has 0 aromatic carbocycles. The highest BCUT2D eigenvalue weighted by atomic mass is 16.5. The predicted molar refractivity (Wildman–Crippen MR) is 95.9 cm³/mol. The van der Waals surface area contributed by atoms with Gasteiger partial charge in [0.15, 0.2) is 0 Å². The van der Waals surface area contributed by atoms with Gasteiger partial charge in [0.2, 0.25) is 0 Å². The number of carbonyl (C=O) groups excluding carboxylic acids is 2. The zero-order chi connectivity index (χ0) is 18.8. The summed E-state index contributed by atoms with van der Waals surface area (Å²) in [7, 11) is 3.15. The fraction of sp³-hybridized carbons (Fsp3) is 0.333. The molecule has 2 heterocycles. The van der Waals surface area contributed by atoms with E-state index in [0.29, 0.717) is 48.8 Å². The molecule has 2 amide bonds. The third-order valence-electron chi connectivity index (χ3n) is 3.50. The monoisotopic (exact) mass is 358 g/mol. The fourth-order valence-electron chi connectivity index (χ4n) is 2.10. The van der Waals surface area contributed by atoms with Crippen molar-refractivity contribution in [2.24, 2.45) is 0 Å². The number of hydrogen-bond acceptors (Lipinski definition) is 6. The normalized spacial score (nSPS) is 10.4. The molecule has 2 N–H and O–H groups in total. The second kappa shape index (κ2) is 10.2. The molecule has 0 aliphatic heterocycles. The summed E-state index contributed by atoms with van der Waals surface area (Å²) in [5.74, 6) is -0.422. The Bertz CT molecular complexity index is 653. The lowest BCUT2D eigenvalue weighted by Crippen LogP contribution is -2.27. The highest BCUT2D eigenvalue weighted by Gasteiger charge is 2.09. The third-order valence-corrected chi connectivity index (χ3v) is 3.50. The molecule has 0 saturated carbocycles. The second-order valence-electron chi connectivity index (χ2n) is 5.36. The minimum absolute atomic E-state index is 0.211. The Kier molecular flexibility index (Phi) is 7.66. The Morgan fingerprint density at radius 2 is 1.23 bits per heavy atom. The van der Waals surface area contributed by atoms with Gasteiger partial charge in [-0.25, -0.2) is 0 Å². The summed E-state index contributed by atoms with van der Waals surface area (Å²) in [5, 5.41) is 5.45. The van der Waals surface area contributed by atoms with Gasteiger partial charge in [-0.05, 0) is 24.3 Å². The van der Waals surface area contributed by atoms with Crippen molar-refractivity contribution in [3.05, 3.63) is 47.8 Å². The molecule has 0 spiro atoms. The van der Waals surface area contributed by atoms with Gasteiger partial charge in [0, 0.05) is 39.7 Å². The molecule has 2 rings (SSSR count). The number of methoxy groups -OCH3 is 2. The molecular weight excluding hydrogens is 336 g/mol. The van der Waals surface area contributed by atoms with Gasteiger partial charge in [0.25, 0.3) is 11.8 Å². The van der Waals surface area contributed by atoms with Crippen LogP contribution < -0.4 is 10.6 Å². The van der Waals surface area contributed by atoms with Crippen molar-refractivity contribution in [2.75, 3.05) is 40.5 Å². The van der Waals surface area contributed by atoms with Crippen LogP contribution in [0.4, 0.5) is 0 Å². The summed E-state index contributed by atoms with van der Waals surface area (Å²) in [6.45, 7) is 1.78. The van der Waals surface area contributed by atoms with Crippen LogP contribution in [0.5, 0.6) is 0 Å². The molecule has 0 unspecified atom stereocenters. The average Bonchev–Trinajstić information content (AvgIpc) is 2.68. The topological polar surface area (TPSA) is 102 Å². The van der Waals surface area contributed by atoms with Gasteiger partial charge in [-0.15, -0.1) is 0 Å². The van der Waals surface area contributed by atoms with E-state index in [1.54, 1.807) is 38.5 Å². The lowest BCUT2D eigenvalue weighted by atomic mass is 10.1. The molecule has 0 radical (unpaired) electrons. The van der Waals surface area contributed by atoms with Crippen LogP contribution in [-0.2, 0) is 9.47 Å². The van der Waals surface area contributed by atoms with Gasteiger partial charge in [0.1, 0.15) is 0 Å². The van der Waals surface area contributed by atoms with E-state index in [0.717, 1.165) is 0 Å². The minimum Gasteiger partial charge on any atom is -0.383 e. The van der Waals surface area contributed by atoms with E-state index in [2.05, 4.69) is 20.6 Å². The van der Waals surface area contributed by atoms with E-state index in [4.69, 9.17) is 9.47 Å². The predicted octanol–water partition coefficient (Wildman–Crippen LogP) is 0.896. The number of aromatic nitrogens is 2. The fourth-order valence-corrected chi connectivity index (χ4v) is 2.10. The molecule has 0 fully saturated rings. The van der Waals surface area contributed by atoms with Crippen LogP contribution in [0.25, 0.3) is 11.4 Å². The zero-order valence-corrected chi connectivity index (χ0v) is 14.8. The van der Waals surface area contributed by atoms with Crippen LogP contribution in [-0.4, -0.2) is 62.3 Å². The third kappa shape index (κ3) is 5.61. The summed E-state index contributed by atoms with van der Waals surface area (Å²) in [6.07, 6.45) is 2.98. The SMILES string of the molecule is COCCNC(=O)c1ccc(-c2ccc(C(=O)NCCOC)cn2)nc1. The van der Waals surface area contributed by atoms with Crippen molar-refractivity contribution in [1.29, 1.82) is 0 Å². The number of hydrogen-bond donors (Lipinski definition) is 2. The van der Waals surface area contributed by atoms with Crippen LogP contribution in [0.15, 0.2) is 36.7 Å². The molecule has 8 heteroatoms. The van der Waals surface area contributed by atoms with Crippen LogP contribution in [0.3, 0.4) is 0 Å². The molecule has 26 heavy (non-hydrogen) atoms. The molecular formula is C18H22N4O4. The number of ether oxygens (including phenoxy) is 2. The van der Waals surface area contributed by atoms with E-state index in [1.807, 2.05) is 0 Å². The summed E-state index contributed by atoms with van der Waals surface area (Å²) >= 11 is 0. The van der Waals surface area contributed by atoms with Gasteiger partial charge in [-0.3, -0.25) is 19.6 Å². The highest BCUT2D eigenvalue weighted by Crippen LogP contribution is 2.15. The molecule has 8 nitrogen and oxygen atoms in total. The Hall–Kier alpha value is -2.84. The molecule has 0 aliphatic rings. The number of rotatable bonds is 9. The smallest absolute Gasteiger partial charge is 0.252 e. The maximum atomic E-state index is 11.9. The van der Waals surface area contributed by atoms with Crippen LogP contribution in [0.2, 0.25) is 0 Å². The second-order valence-corrected chi connectivity index (χ2v) is 5.36. The zero-order valence-electron chi connectivity index (χ0n) is 14.8. The molecule has 0 aliphatic carbocycles. The molecule has 0 atom stereocenters. The van der Waals surface area contributed by atoms with Crippen LogP contribution in [0, 0.1) is 0 Å². The Morgan fingerprint density at radius 1 is 0.808 bits per heavy atom. The van der Waals surface area contributed by atoms with E-state index < -0.39 is 0 Å². The number of nitrogens with zero attached hydrogens (tertiary/aromatic N) is 2. The van der Waals surface area contributed by atoms with Crippen molar-refractivity contribution >= 4 is 11.8 Å². The first-order chi connectivity index (χ1) is 12.7. The first-order valence-electron chi connectivity index (χ1n) is 8.12. The quantitative estimate of drug-likeness (QED) is 0.646. The van der Waals surface area contributed by atoms with Gasteiger partial charge < -0.3 is 20.1 Å². The van der Waals surface area contributed by atoms with Crippen molar-refractivity contribution in [1.82, 2.24) is 20.6 Å². The van der Waals surface area contributed by atoms with Gasteiger partial charge in [0.05, 0.1) is 35.7 Å². The molecule has 2 aromatic rings. The summed E-state index contributed by atoms with van der Waals surface area (Å²) in [6, 6.07) is 6.78. The molecule has 138 valence electrons. The lowest BCUT2D eigenvalue weighted by Gasteiger charge is -2.06. The maximum absolute atomic E-state index is 11.9. The van der Waals surface area contributed by atoms with E-state index in [-0.39, 0.29) is 11.8 Å². The maximum Gasteiger partial charge on any atom is 0.252 e. The van der Waals surface area contributed by atoms with Crippen molar-refractivity contribution in [2.45, 2.75) is 0 Å². The summed E-state index contributed by atoms with van der Waals surface area (Å²) in [5.41, 5.74) is 2.15. The van der Waals surface area contributed by atoms with E-state index >= 15 is 0 Å². The van der Waals surface area contributed by atoms with Crippen LogP contribution in [0.1, 0.15) is 20.7 Å². The largest absolute Gasteiger partial charge is 0.383 e. The van der Waals surface area contributed by atoms with Gasteiger partial charge in [-0.2, -0.15) is 0 Å². The number of amides is 2. The van der Waals surface area contributed by atoms with E-state index in [1.165, 1.54) is 12.4 Å². The first-order valence-corrected chi connectivity index (χ1v) is 8.12. The van der Waals surface area contributed by atoms with Gasteiger partial charge >= 0.3 is 0 Å². The minimum atomic E-state index is -0.211. The van der Waals surface area contributed by atoms with Gasteiger partial charge in [-0.1, -0.05) is 0 Å². The molecule has 2 aromatic heterocycles. The Morgan fingerprint density at radius 3 is 1.54 bits per heavy atom. The standard InChI is InChI=1S/C18H22N4O4/c1-25-9-7-19-17(23)13-3-5-15(21-11-13)16-6-4-14(12-22-16)18(24)20-8-10-26-2/h3-6,11-12H,7-10H2,1-2H3,(H,19,23)(H,20,24). The highest BCUT2D eigenvalue weighted by molar-refractivity contribution is 5.94. The lowest BCUT2D eigenvalue weighted by molar-refractivity contribution is 0.0929. The van der Waals surface area contributed by atoms with Crippen molar-refractivity contribution in [3.63, 3.8) is 0 Å². The number of pyridine rings is 2. The first kappa shape index (κ1) is 19.5. The molecule has 0 bridgehead atoms. The summed E-state index contributed by atoms with van der Waals surface area (Å²) in [4.78, 5) is 32.4. The summed E-state index contributed by atoms with van der Waals surface area (Å²) < 4.78 is 9.77. The van der Waals surface area contributed by atoms with Crippen LogP contribution >= 0.6 is 0 Å². The Labute approximate surface area is 151 Å². The molecule has 0 saturated heterocycles. The van der Waals surface area contributed by atoms with Crippen molar-refractivity contribution < 1.29 is 19.1 Å². The van der Waals surface area contributed by atoms with E-state index in [9.17, 15) is 9.59 Å². The van der Waals surface area contributed by atoms with Crippen molar-refractivity contribution in [3.8, 4) is 11.4 Å². The Balaban J connectivity index is 1.98. The average molecular weight is 358 g/mol.